The molecule has 0 aromatic heterocycles. The zero-order valence-corrected chi connectivity index (χ0v) is 10.4. The molecule has 2 rings (SSSR count). The summed E-state index contributed by atoms with van der Waals surface area (Å²) >= 11 is 0. The van der Waals surface area contributed by atoms with Gasteiger partial charge in [0.05, 0.1) is 0 Å². The van der Waals surface area contributed by atoms with Gasteiger partial charge in [0.1, 0.15) is 0 Å². The van der Waals surface area contributed by atoms with Crippen molar-refractivity contribution < 1.29 is 0 Å². The zero-order valence-electron chi connectivity index (χ0n) is 10.4. The van der Waals surface area contributed by atoms with Gasteiger partial charge in [-0.25, -0.2) is 0 Å². The Morgan fingerprint density at radius 3 is 2.60 bits per heavy atom. The van der Waals surface area contributed by atoms with Crippen molar-refractivity contribution >= 4 is 0 Å². The molecule has 1 aliphatic carbocycles. The van der Waals surface area contributed by atoms with Gasteiger partial charge in [-0.1, -0.05) is 0 Å². The quantitative estimate of drug-likeness (QED) is 0.738. The van der Waals surface area contributed by atoms with Gasteiger partial charge < -0.3 is 10.2 Å². The molecular weight excluding hydrogens is 186 g/mol. The van der Waals surface area contributed by atoms with E-state index in [0.717, 1.165) is 18.0 Å². The molecule has 0 amide bonds. The van der Waals surface area contributed by atoms with Crippen LogP contribution in [0.4, 0.5) is 0 Å². The Hall–Kier alpha value is -0.120. The fourth-order valence-corrected chi connectivity index (χ4v) is 2.91. The van der Waals surface area contributed by atoms with Gasteiger partial charge in [0, 0.05) is 31.7 Å². The summed E-state index contributed by atoms with van der Waals surface area (Å²) in [4.78, 5) is 5.19. The second-order valence-electron chi connectivity index (χ2n) is 5.29. The number of nitrogens with zero attached hydrogens (tertiary/aromatic N) is 2. The van der Waals surface area contributed by atoms with E-state index in [1.807, 2.05) is 0 Å². The van der Waals surface area contributed by atoms with Crippen molar-refractivity contribution in [3.63, 3.8) is 0 Å². The highest BCUT2D eigenvalue weighted by atomic mass is 15.3. The number of hydrogen-bond donors (Lipinski definition) is 1. The van der Waals surface area contributed by atoms with Gasteiger partial charge in [0.25, 0.3) is 0 Å². The molecule has 3 atom stereocenters. The fraction of sp³-hybridized carbons (Fsp3) is 1.00. The van der Waals surface area contributed by atoms with E-state index < -0.39 is 0 Å². The van der Waals surface area contributed by atoms with Crippen molar-refractivity contribution in [3.8, 4) is 0 Å². The van der Waals surface area contributed by atoms with Crippen LogP contribution in [0.1, 0.15) is 19.8 Å². The number of likely N-dealkylation sites (N-methyl/N-ethyl adjacent to an activating group) is 1. The number of piperazine rings is 1. The van der Waals surface area contributed by atoms with Crippen LogP contribution in [0.2, 0.25) is 0 Å². The van der Waals surface area contributed by atoms with Crippen LogP contribution in [0.15, 0.2) is 0 Å². The average Bonchev–Trinajstić information content (AvgIpc) is 2.18. The third kappa shape index (κ3) is 2.35. The molecule has 0 bridgehead atoms. The maximum absolute atomic E-state index is 3.32. The second kappa shape index (κ2) is 4.81. The summed E-state index contributed by atoms with van der Waals surface area (Å²) in [6, 6.07) is 1.60. The first kappa shape index (κ1) is 11.4. The monoisotopic (exact) mass is 211 g/mol. The second-order valence-corrected chi connectivity index (χ2v) is 5.29. The molecular formula is C12H25N3. The molecule has 1 aliphatic heterocycles. The highest BCUT2D eigenvalue weighted by Gasteiger charge is 2.37. The van der Waals surface area contributed by atoms with Crippen molar-refractivity contribution in [2.24, 2.45) is 5.92 Å². The fourth-order valence-electron chi connectivity index (χ4n) is 2.91. The molecule has 3 nitrogen and oxygen atoms in total. The molecule has 0 radical (unpaired) electrons. The zero-order chi connectivity index (χ0) is 10.8. The standard InChI is InChI=1S/C12H25N3/c1-10-9-15(7-6-14(10)3)12-5-4-11(12)8-13-2/h10-13H,4-9H2,1-3H3. The van der Waals surface area contributed by atoms with Crippen molar-refractivity contribution in [1.29, 1.82) is 0 Å². The van der Waals surface area contributed by atoms with Crippen LogP contribution < -0.4 is 5.32 Å². The molecule has 3 heteroatoms. The molecule has 0 aromatic carbocycles. The van der Waals surface area contributed by atoms with Crippen molar-refractivity contribution in [1.82, 2.24) is 15.1 Å². The molecule has 2 fully saturated rings. The highest BCUT2D eigenvalue weighted by Crippen LogP contribution is 2.32. The lowest BCUT2D eigenvalue weighted by Crippen LogP contribution is -2.58. The summed E-state index contributed by atoms with van der Waals surface area (Å²) in [7, 11) is 4.32. The Morgan fingerprint density at radius 2 is 2.07 bits per heavy atom. The van der Waals surface area contributed by atoms with Crippen molar-refractivity contribution in [2.75, 3.05) is 40.3 Å². The number of rotatable bonds is 3. The van der Waals surface area contributed by atoms with Gasteiger partial charge in [0.15, 0.2) is 0 Å². The third-order valence-corrected chi connectivity index (χ3v) is 4.30. The molecule has 0 spiro atoms. The topological polar surface area (TPSA) is 18.5 Å². The summed E-state index contributed by atoms with van der Waals surface area (Å²) < 4.78 is 0. The van der Waals surface area contributed by atoms with Gasteiger partial charge >= 0.3 is 0 Å². The average molecular weight is 211 g/mol. The van der Waals surface area contributed by atoms with E-state index in [2.05, 4.69) is 36.1 Å². The van der Waals surface area contributed by atoms with Crippen LogP contribution in [0.3, 0.4) is 0 Å². The summed E-state index contributed by atoms with van der Waals surface area (Å²) in [5.74, 6) is 0.908. The van der Waals surface area contributed by atoms with E-state index in [9.17, 15) is 0 Å². The molecule has 88 valence electrons. The molecule has 1 saturated carbocycles. The molecule has 15 heavy (non-hydrogen) atoms. The van der Waals surface area contributed by atoms with Crippen LogP contribution in [-0.2, 0) is 0 Å². The lowest BCUT2D eigenvalue weighted by atomic mass is 9.78. The van der Waals surface area contributed by atoms with E-state index in [1.165, 1.54) is 39.0 Å². The summed E-state index contributed by atoms with van der Waals surface area (Å²) in [5, 5.41) is 3.32. The van der Waals surface area contributed by atoms with E-state index in [-0.39, 0.29) is 0 Å². The van der Waals surface area contributed by atoms with E-state index in [0.29, 0.717) is 0 Å². The minimum absolute atomic E-state index is 0.731. The van der Waals surface area contributed by atoms with Gasteiger partial charge in [-0.3, -0.25) is 4.90 Å². The van der Waals surface area contributed by atoms with E-state index in [1.54, 1.807) is 0 Å². The Morgan fingerprint density at radius 1 is 1.27 bits per heavy atom. The van der Waals surface area contributed by atoms with Gasteiger partial charge in [-0.05, 0) is 46.3 Å². The predicted molar refractivity (Wildman–Crippen MR) is 64.1 cm³/mol. The summed E-state index contributed by atoms with van der Waals surface area (Å²) in [6.45, 7) is 7.32. The minimum atomic E-state index is 0.731. The normalized spacial score (nSPS) is 39.0. The number of nitrogens with one attached hydrogen (secondary N) is 1. The van der Waals surface area contributed by atoms with Crippen LogP contribution >= 0.6 is 0 Å². The maximum Gasteiger partial charge on any atom is 0.0192 e. The highest BCUT2D eigenvalue weighted by molar-refractivity contribution is 4.92. The number of hydrogen-bond acceptors (Lipinski definition) is 3. The minimum Gasteiger partial charge on any atom is -0.319 e. The van der Waals surface area contributed by atoms with E-state index >= 15 is 0 Å². The molecule has 3 unspecified atom stereocenters. The Labute approximate surface area is 93.8 Å². The van der Waals surface area contributed by atoms with Crippen LogP contribution in [-0.4, -0.2) is 62.2 Å². The van der Waals surface area contributed by atoms with Crippen LogP contribution in [0.5, 0.6) is 0 Å². The predicted octanol–water partition coefficient (Wildman–Crippen LogP) is 0.620. The van der Waals surface area contributed by atoms with E-state index in [4.69, 9.17) is 0 Å². The third-order valence-electron chi connectivity index (χ3n) is 4.30. The smallest absolute Gasteiger partial charge is 0.0192 e. The molecule has 1 saturated heterocycles. The molecule has 1 heterocycles. The van der Waals surface area contributed by atoms with Crippen molar-refractivity contribution in [2.45, 2.75) is 31.8 Å². The Kier molecular flexibility index (Phi) is 3.65. The lowest BCUT2D eigenvalue weighted by molar-refractivity contribution is 0.00715. The lowest BCUT2D eigenvalue weighted by Gasteiger charge is -2.49. The van der Waals surface area contributed by atoms with Crippen molar-refractivity contribution in [3.05, 3.63) is 0 Å². The Bertz CT molecular complexity index is 207. The first-order chi connectivity index (χ1) is 7.22. The summed E-state index contributed by atoms with van der Waals surface area (Å²) in [5.41, 5.74) is 0. The molecule has 2 aliphatic rings. The van der Waals surface area contributed by atoms with Crippen LogP contribution in [0.25, 0.3) is 0 Å². The summed E-state index contributed by atoms with van der Waals surface area (Å²) in [6.07, 6.45) is 2.84. The first-order valence-corrected chi connectivity index (χ1v) is 6.31. The SMILES string of the molecule is CNCC1CCC1N1CCN(C)C(C)C1. The van der Waals surface area contributed by atoms with Gasteiger partial charge in [-0.2, -0.15) is 0 Å². The first-order valence-electron chi connectivity index (χ1n) is 6.31. The van der Waals surface area contributed by atoms with Gasteiger partial charge in [-0.15, -0.1) is 0 Å². The maximum atomic E-state index is 3.32. The molecule has 0 aromatic rings. The van der Waals surface area contributed by atoms with Crippen LogP contribution in [0, 0.1) is 5.92 Å². The van der Waals surface area contributed by atoms with Gasteiger partial charge in [0.2, 0.25) is 0 Å². The largest absolute Gasteiger partial charge is 0.319 e. The molecule has 1 N–H and O–H groups in total. The Balaban J connectivity index is 1.84.